The molecule has 0 radical (unpaired) electrons. The van der Waals surface area contributed by atoms with E-state index in [9.17, 15) is 0 Å². The molecule has 1 aliphatic heterocycles. The van der Waals surface area contributed by atoms with Gasteiger partial charge in [0.15, 0.2) is 7.83 Å². The van der Waals surface area contributed by atoms with Crippen molar-refractivity contribution >= 4 is 15.6 Å². The standard InChI is InChI=1S/C6H17NOSi2/c1-9(2)8-5-4-6-10(9,3)7/h4-7H2,1-3H3. The van der Waals surface area contributed by atoms with Gasteiger partial charge in [0.25, 0.3) is 0 Å². The minimum atomic E-state index is -1.40. The van der Waals surface area contributed by atoms with Crippen LogP contribution in [0.15, 0.2) is 0 Å². The van der Waals surface area contributed by atoms with Crippen LogP contribution in [0.1, 0.15) is 6.42 Å². The largest absolute Gasteiger partial charge is 0.418 e. The second-order valence-corrected chi connectivity index (χ2v) is 17.6. The molecule has 1 fully saturated rings. The first-order valence-corrected chi connectivity index (χ1v) is 10.6. The molecule has 60 valence electrons. The van der Waals surface area contributed by atoms with E-state index < -0.39 is 15.6 Å². The van der Waals surface area contributed by atoms with E-state index in [4.69, 9.17) is 9.83 Å². The number of hydrogen-bond donors (Lipinski definition) is 1. The maximum absolute atomic E-state index is 6.23. The Morgan fingerprint density at radius 2 is 1.90 bits per heavy atom. The van der Waals surface area contributed by atoms with Crippen LogP contribution in [0.5, 0.6) is 0 Å². The fraction of sp³-hybridized carbons (Fsp3) is 1.00. The van der Waals surface area contributed by atoms with Gasteiger partial charge in [-0.2, -0.15) is 0 Å². The molecular formula is C6H17NOSi2. The van der Waals surface area contributed by atoms with Crippen LogP contribution in [0, 0.1) is 0 Å². The average molecular weight is 175 g/mol. The molecule has 1 aliphatic rings. The summed E-state index contributed by atoms with van der Waals surface area (Å²) >= 11 is 0. The summed E-state index contributed by atoms with van der Waals surface area (Å²) in [4.78, 5) is 0. The van der Waals surface area contributed by atoms with Gasteiger partial charge in [0.05, 0.1) is 0 Å². The topological polar surface area (TPSA) is 35.2 Å². The molecule has 1 saturated heterocycles. The van der Waals surface area contributed by atoms with Crippen molar-refractivity contribution < 1.29 is 4.43 Å². The van der Waals surface area contributed by atoms with E-state index in [1.807, 2.05) is 0 Å². The van der Waals surface area contributed by atoms with E-state index in [-0.39, 0.29) is 0 Å². The Morgan fingerprint density at radius 1 is 1.30 bits per heavy atom. The van der Waals surface area contributed by atoms with Crippen molar-refractivity contribution in [1.29, 1.82) is 0 Å². The van der Waals surface area contributed by atoms with E-state index in [1.54, 1.807) is 0 Å². The van der Waals surface area contributed by atoms with Gasteiger partial charge in [-0.15, -0.1) is 0 Å². The van der Waals surface area contributed by atoms with Crippen LogP contribution in [0.4, 0.5) is 0 Å². The molecule has 0 saturated carbocycles. The van der Waals surface area contributed by atoms with Gasteiger partial charge in [-0.05, 0) is 25.6 Å². The molecule has 10 heavy (non-hydrogen) atoms. The Morgan fingerprint density at radius 3 is 2.20 bits per heavy atom. The quantitative estimate of drug-likeness (QED) is 0.562. The molecule has 0 spiro atoms. The monoisotopic (exact) mass is 175 g/mol. The van der Waals surface area contributed by atoms with Gasteiger partial charge in [0, 0.05) is 6.61 Å². The van der Waals surface area contributed by atoms with Crippen molar-refractivity contribution in [2.45, 2.75) is 32.1 Å². The fourth-order valence-corrected chi connectivity index (χ4v) is 7.33. The summed E-state index contributed by atoms with van der Waals surface area (Å²) in [5, 5.41) is 6.23. The zero-order valence-electron chi connectivity index (χ0n) is 7.11. The third-order valence-corrected chi connectivity index (χ3v) is 17.2. The Balaban J connectivity index is 2.70. The molecule has 0 aromatic rings. The van der Waals surface area contributed by atoms with Crippen LogP contribution >= 0.6 is 0 Å². The lowest BCUT2D eigenvalue weighted by Crippen LogP contribution is -2.67. The normalized spacial score (nSPS) is 39.6. The zero-order valence-corrected chi connectivity index (χ0v) is 9.11. The smallest absolute Gasteiger partial charge is 0.190 e. The van der Waals surface area contributed by atoms with Gasteiger partial charge in [-0.3, -0.25) is 0 Å². The van der Waals surface area contributed by atoms with Gasteiger partial charge in [-0.25, -0.2) is 0 Å². The second-order valence-electron chi connectivity index (χ2n) is 3.88. The highest BCUT2D eigenvalue weighted by Gasteiger charge is 2.46. The van der Waals surface area contributed by atoms with E-state index in [0.29, 0.717) is 0 Å². The van der Waals surface area contributed by atoms with E-state index in [2.05, 4.69) is 19.6 Å². The van der Waals surface area contributed by atoms with Crippen LogP contribution in [0.3, 0.4) is 0 Å². The number of rotatable bonds is 0. The lowest BCUT2D eigenvalue weighted by atomic mass is 10.5. The van der Waals surface area contributed by atoms with Gasteiger partial charge in [-0.1, -0.05) is 6.55 Å². The molecule has 0 bridgehead atoms. The molecule has 1 heterocycles. The summed E-state index contributed by atoms with van der Waals surface area (Å²) in [5.41, 5.74) is 0. The van der Waals surface area contributed by atoms with Crippen LogP contribution in [-0.2, 0) is 4.43 Å². The molecule has 1 unspecified atom stereocenters. The summed E-state index contributed by atoms with van der Waals surface area (Å²) in [6.07, 6.45) is 1.19. The summed E-state index contributed by atoms with van der Waals surface area (Å²) < 4.78 is 5.76. The first-order chi connectivity index (χ1) is 4.46. The SMILES string of the molecule is C[Si]1(N)CCCO[Si]1(C)C. The van der Waals surface area contributed by atoms with Gasteiger partial charge < -0.3 is 9.83 Å². The van der Waals surface area contributed by atoms with Crippen molar-refractivity contribution in [3.8, 4) is 0 Å². The van der Waals surface area contributed by atoms with Gasteiger partial charge >= 0.3 is 0 Å². The Kier molecular flexibility index (Phi) is 2.06. The maximum Gasteiger partial charge on any atom is 0.190 e. The molecule has 2 nitrogen and oxygen atoms in total. The molecule has 1 rings (SSSR count). The molecule has 0 amide bonds. The Bertz CT molecular complexity index is 120. The molecule has 1 atom stereocenters. The van der Waals surface area contributed by atoms with Crippen LogP contribution in [0.25, 0.3) is 0 Å². The molecular weight excluding hydrogens is 158 g/mol. The summed E-state index contributed by atoms with van der Waals surface area (Å²) in [6.45, 7) is 7.74. The molecule has 0 aromatic heterocycles. The number of hydrogen-bond acceptors (Lipinski definition) is 2. The zero-order chi connectivity index (χ0) is 7.83. The second kappa shape index (κ2) is 2.44. The lowest BCUT2D eigenvalue weighted by molar-refractivity contribution is 0.307. The predicted octanol–water partition coefficient (Wildman–Crippen LogP) is 1.22. The van der Waals surface area contributed by atoms with Crippen LogP contribution in [0.2, 0.25) is 25.7 Å². The van der Waals surface area contributed by atoms with Crippen molar-refractivity contribution in [2.75, 3.05) is 6.61 Å². The summed E-state index contributed by atoms with van der Waals surface area (Å²) in [6, 6.07) is 1.27. The van der Waals surface area contributed by atoms with E-state index in [1.165, 1.54) is 12.5 Å². The molecule has 2 N–H and O–H groups in total. The maximum atomic E-state index is 6.23. The molecule has 0 aromatic carbocycles. The highest BCUT2D eigenvalue weighted by atomic mass is 29.3. The summed E-state index contributed by atoms with van der Waals surface area (Å²) in [5.74, 6) is 0. The van der Waals surface area contributed by atoms with Crippen LogP contribution < -0.4 is 5.40 Å². The third kappa shape index (κ3) is 1.34. The first-order valence-electron chi connectivity index (χ1n) is 3.89. The highest BCUT2D eigenvalue weighted by molar-refractivity contribution is 7.37. The van der Waals surface area contributed by atoms with Crippen LogP contribution in [-0.4, -0.2) is 22.2 Å². The highest BCUT2D eigenvalue weighted by Crippen LogP contribution is 2.25. The fourth-order valence-electron chi connectivity index (χ4n) is 1.23. The third-order valence-electron chi connectivity index (χ3n) is 2.68. The van der Waals surface area contributed by atoms with Crippen molar-refractivity contribution in [3.05, 3.63) is 0 Å². The summed E-state index contributed by atoms with van der Waals surface area (Å²) in [7, 11) is -2.80. The molecule has 4 heteroatoms. The molecule has 0 aliphatic carbocycles. The first kappa shape index (κ1) is 8.45. The Hall–Kier alpha value is 0.354. The predicted molar refractivity (Wildman–Crippen MR) is 48.7 cm³/mol. The van der Waals surface area contributed by atoms with Crippen molar-refractivity contribution in [3.63, 3.8) is 0 Å². The van der Waals surface area contributed by atoms with E-state index >= 15 is 0 Å². The minimum Gasteiger partial charge on any atom is -0.418 e. The minimum absolute atomic E-state index is 0.957. The van der Waals surface area contributed by atoms with Crippen molar-refractivity contribution in [1.82, 2.24) is 0 Å². The van der Waals surface area contributed by atoms with Gasteiger partial charge in [0.2, 0.25) is 0 Å². The van der Waals surface area contributed by atoms with Crippen molar-refractivity contribution in [2.24, 2.45) is 5.40 Å². The average Bonchev–Trinajstić information content (AvgIpc) is 1.77. The lowest BCUT2D eigenvalue weighted by Gasteiger charge is -2.40. The number of nitrogens with two attached hydrogens (primary N) is 1. The Labute approximate surface area is 64.8 Å². The van der Waals surface area contributed by atoms with Gasteiger partial charge in [0.1, 0.15) is 7.75 Å². The van der Waals surface area contributed by atoms with E-state index in [0.717, 1.165) is 6.61 Å².